The van der Waals surface area contributed by atoms with E-state index in [0.717, 1.165) is 26.1 Å². The highest BCUT2D eigenvalue weighted by molar-refractivity contribution is 5.09. The Morgan fingerprint density at radius 1 is 1.38 bits per heavy atom. The van der Waals surface area contributed by atoms with Gasteiger partial charge in [0.2, 0.25) is 0 Å². The average Bonchev–Trinajstić information content (AvgIpc) is 2.79. The summed E-state index contributed by atoms with van der Waals surface area (Å²) < 4.78 is 5.89. The van der Waals surface area contributed by atoms with E-state index in [-0.39, 0.29) is 0 Å². The Hall–Kier alpha value is -0.120. The van der Waals surface area contributed by atoms with E-state index >= 15 is 0 Å². The van der Waals surface area contributed by atoms with Gasteiger partial charge in [-0.3, -0.25) is 0 Å². The first-order valence-electron chi connectivity index (χ1n) is 6.88. The highest BCUT2D eigenvalue weighted by Crippen LogP contribution is 2.54. The van der Waals surface area contributed by atoms with Gasteiger partial charge >= 0.3 is 0 Å². The molecule has 0 heterocycles. The van der Waals surface area contributed by atoms with Crippen molar-refractivity contribution in [3.05, 3.63) is 0 Å². The summed E-state index contributed by atoms with van der Waals surface area (Å²) in [4.78, 5) is 0. The zero-order valence-corrected chi connectivity index (χ0v) is 10.5. The van der Waals surface area contributed by atoms with Gasteiger partial charge in [0.1, 0.15) is 0 Å². The van der Waals surface area contributed by atoms with Gasteiger partial charge in [-0.05, 0) is 45.7 Å². The largest absolute Gasteiger partial charge is 0.378 e. The van der Waals surface area contributed by atoms with Crippen molar-refractivity contribution in [3.8, 4) is 0 Å². The van der Waals surface area contributed by atoms with Crippen LogP contribution in [0.2, 0.25) is 0 Å². The molecule has 16 heavy (non-hydrogen) atoms. The van der Waals surface area contributed by atoms with Crippen molar-refractivity contribution in [2.45, 2.75) is 57.6 Å². The third-order valence-electron chi connectivity index (χ3n) is 4.46. The lowest BCUT2D eigenvalue weighted by Gasteiger charge is -2.54. The molecule has 2 fully saturated rings. The normalized spacial score (nSPS) is 31.9. The molecule has 1 spiro atoms. The lowest BCUT2D eigenvalue weighted by molar-refractivity contribution is -0.130. The van der Waals surface area contributed by atoms with Crippen LogP contribution >= 0.6 is 0 Å². The van der Waals surface area contributed by atoms with Crippen molar-refractivity contribution in [3.63, 3.8) is 0 Å². The Labute approximate surface area is 99.1 Å². The molecule has 0 saturated heterocycles. The van der Waals surface area contributed by atoms with Gasteiger partial charge in [-0.2, -0.15) is 0 Å². The minimum absolute atomic E-state index is 0.477. The number of hydrogen-bond acceptors (Lipinski definition) is 3. The van der Waals surface area contributed by atoms with Gasteiger partial charge in [-0.1, -0.05) is 12.8 Å². The SMILES string of the molecule is CCOC1CC(NCCCN)C12CCCC2. The van der Waals surface area contributed by atoms with E-state index in [9.17, 15) is 0 Å². The Morgan fingerprint density at radius 3 is 2.75 bits per heavy atom. The molecule has 3 N–H and O–H groups in total. The molecule has 2 unspecified atom stereocenters. The van der Waals surface area contributed by atoms with Gasteiger partial charge in [-0.25, -0.2) is 0 Å². The molecule has 3 nitrogen and oxygen atoms in total. The van der Waals surface area contributed by atoms with E-state index < -0.39 is 0 Å². The Bertz CT molecular complexity index is 212. The number of ether oxygens (including phenoxy) is 1. The van der Waals surface area contributed by atoms with E-state index in [4.69, 9.17) is 10.5 Å². The molecule has 0 radical (unpaired) electrons. The maximum Gasteiger partial charge on any atom is 0.0661 e. The standard InChI is InChI=1S/C13H26N2O/c1-2-16-12-10-11(15-9-5-8-14)13(12)6-3-4-7-13/h11-12,15H,2-10,14H2,1H3. The minimum Gasteiger partial charge on any atom is -0.378 e. The lowest BCUT2D eigenvalue weighted by atomic mass is 9.60. The van der Waals surface area contributed by atoms with Crippen LogP contribution in [0.1, 0.15) is 45.4 Å². The smallest absolute Gasteiger partial charge is 0.0661 e. The summed E-state index contributed by atoms with van der Waals surface area (Å²) >= 11 is 0. The molecule has 0 aromatic rings. The number of nitrogens with two attached hydrogens (primary N) is 1. The molecule has 94 valence electrons. The lowest BCUT2D eigenvalue weighted by Crippen LogP contribution is -2.62. The molecule has 3 heteroatoms. The van der Waals surface area contributed by atoms with Crippen LogP contribution in [0.25, 0.3) is 0 Å². The molecule has 2 saturated carbocycles. The van der Waals surface area contributed by atoms with E-state index in [1.54, 1.807) is 0 Å². The molecule has 0 aromatic carbocycles. The summed E-state index contributed by atoms with van der Waals surface area (Å²) in [5.41, 5.74) is 6.01. The van der Waals surface area contributed by atoms with Crippen LogP contribution in [0.15, 0.2) is 0 Å². The first kappa shape index (κ1) is 12.3. The summed E-state index contributed by atoms with van der Waals surface area (Å²) in [5, 5.41) is 3.68. The molecule has 0 aromatic heterocycles. The van der Waals surface area contributed by atoms with Gasteiger partial charge in [0.05, 0.1) is 6.10 Å². The fourth-order valence-electron chi connectivity index (χ4n) is 3.55. The third-order valence-corrected chi connectivity index (χ3v) is 4.46. The van der Waals surface area contributed by atoms with Gasteiger partial charge in [0.25, 0.3) is 0 Å². The van der Waals surface area contributed by atoms with Crippen LogP contribution in [0.4, 0.5) is 0 Å². The van der Waals surface area contributed by atoms with Crippen LogP contribution in [-0.4, -0.2) is 31.8 Å². The zero-order valence-electron chi connectivity index (χ0n) is 10.5. The second kappa shape index (κ2) is 5.48. The van der Waals surface area contributed by atoms with E-state index in [2.05, 4.69) is 12.2 Å². The van der Waals surface area contributed by atoms with Crippen LogP contribution in [-0.2, 0) is 4.74 Å². The van der Waals surface area contributed by atoms with E-state index in [1.165, 1.54) is 32.1 Å². The fraction of sp³-hybridized carbons (Fsp3) is 1.00. The molecular formula is C13H26N2O. The summed E-state index contributed by atoms with van der Waals surface area (Å²) in [5.74, 6) is 0. The maximum atomic E-state index is 5.89. The van der Waals surface area contributed by atoms with Crippen LogP contribution in [0.3, 0.4) is 0 Å². The first-order chi connectivity index (χ1) is 7.83. The second-order valence-corrected chi connectivity index (χ2v) is 5.27. The minimum atomic E-state index is 0.477. The highest BCUT2D eigenvalue weighted by Gasteiger charge is 2.56. The van der Waals surface area contributed by atoms with Crippen molar-refractivity contribution >= 4 is 0 Å². The van der Waals surface area contributed by atoms with Crippen molar-refractivity contribution in [2.75, 3.05) is 19.7 Å². The predicted molar refractivity (Wildman–Crippen MR) is 66.4 cm³/mol. The van der Waals surface area contributed by atoms with Gasteiger partial charge in [0, 0.05) is 18.1 Å². The van der Waals surface area contributed by atoms with Crippen LogP contribution < -0.4 is 11.1 Å². The fourth-order valence-corrected chi connectivity index (χ4v) is 3.55. The predicted octanol–water partition coefficient (Wildman–Crippen LogP) is 1.66. The summed E-state index contributed by atoms with van der Waals surface area (Å²) in [6.07, 6.45) is 8.31. The quantitative estimate of drug-likeness (QED) is 0.677. The Kier molecular flexibility index (Phi) is 4.22. The second-order valence-electron chi connectivity index (χ2n) is 5.27. The number of nitrogens with one attached hydrogen (secondary N) is 1. The number of hydrogen-bond donors (Lipinski definition) is 2. The molecular weight excluding hydrogens is 200 g/mol. The van der Waals surface area contributed by atoms with Gasteiger partial charge in [-0.15, -0.1) is 0 Å². The molecule has 2 aliphatic rings. The summed E-state index contributed by atoms with van der Waals surface area (Å²) in [6, 6.07) is 0.693. The van der Waals surface area contributed by atoms with Crippen molar-refractivity contribution < 1.29 is 4.74 Å². The molecule has 2 rings (SSSR count). The van der Waals surface area contributed by atoms with Crippen molar-refractivity contribution in [1.29, 1.82) is 0 Å². The third kappa shape index (κ3) is 2.13. The molecule has 2 aliphatic carbocycles. The van der Waals surface area contributed by atoms with E-state index in [1.807, 2.05) is 0 Å². The monoisotopic (exact) mass is 226 g/mol. The number of rotatable bonds is 6. The Balaban J connectivity index is 1.85. The molecule has 0 bridgehead atoms. The Morgan fingerprint density at radius 2 is 2.12 bits per heavy atom. The van der Waals surface area contributed by atoms with Crippen LogP contribution in [0.5, 0.6) is 0 Å². The van der Waals surface area contributed by atoms with Crippen LogP contribution in [0, 0.1) is 5.41 Å². The summed E-state index contributed by atoms with van der Waals surface area (Å²) in [6.45, 7) is 4.84. The highest BCUT2D eigenvalue weighted by atomic mass is 16.5. The van der Waals surface area contributed by atoms with Crippen molar-refractivity contribution in [1.82, 2.24) is 5.32 Å². The molecule has 0 amide bonds. The zero-order chi connectivity index (χ0) is 11.4. The van der Waals surface area contributed by atoms with Crippen molar-refractivity contribution in [2.24, 2.45) is 11.1 Å². The van der Waals surface area contributed by atoms with Gasteiger partial charge < -0.3 is 15.8 Å². The molecule has 2 atom stereocenters. The van der Waals surface area contributed by atoms with E-state index in [0.29, 0.717) is 17.6 Å². The first-order valence-corrected chi connectivity index (χ1v) is 6.88. The molecule has 0 aliphatic heterocycles. The van der Waals surface area contributed by atoms with Gasteiger partial charge in [0.15, 0.2) is 0 Å². The average molecular weight is 226 g/mol. The summed E-state index contributed by atoms with van der Waals surface area (Å²) in [7, 11) is 0. The topological polar surface area (TPSA) is 47.3 Å². The maximum absolute atomic E-state index is 5.89.